The lowest BCUT2D eigenvalue weighted by molar-refractivity contribution is 0.306. The third-order valence-electron chi connectivity index (χ3n) is 5.21. The van der Waals surface area contributed by atoms with Crippen molar-refractivity contribution in [1.29, 1.82) is 0 Å². The molecular formula is C24H34O7S2. The summed E-state index contributed by atoms with van der Waals surface area (Å²) < 4.78 is 66.6. The minimum absolute atomic E-state index is 0.0450. The van der Waals surface area contributed by atoms with Crippen molar-refractivity contribution in [2.75, 3.05) is 6.61 Å². The first-order valence-electron chi connectivity index (χ1n) is 11.5. The number of ether oxygens (including phenoxy) is 1. The highest BCUT2D eigenvalue weighted by atomic mass is 32.2. The van der Waals surface area contributed by atoms with Crippen LogP contribution in [0.2, 0.25) is 0 Å². The van der Waals surface area contributed by atoms with E-state index in [1.807, 2.05) is 0 Å². The SMILES string of the molecule is CCCCCCCCCCCCOS(=O)(=O)c1ccc(Oc2ccc(S(=O)(=O)O)cc2)cc1. The molecule has 0 fully saturated rings. The first-order chi connectivity index (χ1) is 15.7. The Balaban J connectivity index is 1.71. The summed E-state index contributed by atoms with van der Waals surface area (Å²) in [5.41, 5.74) is 0. The smallest absolute Gasteiger partial charge is 0.296 e. The standard InChI is InChI=1S/C24H34O7S2/c1-2-3-4-5-6-7-8-9-10-11-20-30-33(28,29)24-18-14-22(15-19-24)31-21-12-16-23(17-13-21)32(25,26)27/h12-19H,2-11,20H2,1H3,(H,25,26,27). The van der Waals surface area contributed by atoms with Crippen molar-refractivity contribution in [3.8, 4) is 11.5 Å². The maximum Gasteiger partial charge on any atom is 0.296 e. The molecule has 0 aliphatic carbocycles. The zero-order valence-corrected chi connectivity index (χ0v) is 20.7. The topological polar surface area (TPSA) is 107 Å². The molecule has 33 heavy (non-hydrogen) atoms. The largest absolute Gasteiger partial charge is 0.457 e. The molecule has 9 heteroatoms. The predicted molar refractivity (Wildman–Crippen MR) is 128 cm³/mol. The van der Waals surface area contributed by atoms with Crippen molar-refractivity contribution in [3.63, 3.8) is 0 Å². The van der Waals surface area contributed by atoms with E-state index < -0.39 is 20.2 Å². The Morgan fingerprint density at radius 1 is 0.636 bits per heavy atom. The minimum atomic E-state index is -4.27. The molecule has 2 aromatic rings. The molecule has 2 aromatic carbocycles. The van der Waals surface area contributed by atoms with Crippen molar-refractivity contribution < 1.29 is 30.3 Å². The highest BCUT2D eigenvalue weighted by Crippen LogP contribution is 2.25. The Labute approximate surface area is 198 Å². The van der Waals surface area contributed by atoms with Crippen LogP contribution in [0.1, 0.15) is 71.1 Å². The fraction of sp³-hybridized carbons (Fsp3) is 0.500. The van der Waals surface area contributed by atoms with Gasteiger partial charge in [-0.3, -0.25) is 8.74 Å². The van der Waals surface area contributed by atoms with Gasteiger partial charge in [0.25, 0.3) is 20.2 Å². The second-order valence-electron chi connectivity index (χ2n) is 7.98. The van der Waals surface area contributed by atoms with E-state index in [4.69, 9.17) is 13.5 Å². The summed E-state index contributed by atoms with van der Waals surface area (Å²) in [5, 5.41) is 0. The molecule has 184 valence electrons. The highest BCUT2D eigenvalue weighted by molar-refractivity contribution is 7.86. The van der Waals surface area contributed by atoms with Gasteiger partial charge in [-0.1, -0.05) is 64.7 Å². The van der Waals surface area contributed by atoms with Gasteiger partial charge in [-0.2, -0.15) is 16.8 Å². The molecule has 0 aliphatic heterocycles. The van der Waals surface area contributed by atoms with Crippen molar-refractivity contribution in [3.05, 3.63) is 48.5 Å². The molecule has 0 atom stereocenters. The number of rotatable bonds is 16. The van der Waals surface area contributed by atoms with Gasteiger partial charge in [-0.25, -0.2) is 0 Å². The van der Waals surface area contributed by atoms with Crippen molar-refractivity contribution in [1.82, 2.24) is 0 Å². The van der Waals surface area contributed by atoms with Crippen molar-refractivity contribution in [2.45, 2.75) is 80.9 Å². The molecule has 1 N–H and O–H groups in total. The maximum atomic E-state index is 12.4. The molecule has 0 saturated carbocycles. The van der Waals surface area contributed by atoms with Crippen molar-refractivity contribution >= 4 is 20.2 Å². The average Bonchev–Trinajstić information content (AvgIpc) is 2.77. The zero-order chi connectivity index (χ0) is 24.2. The molecule has 0 saturated heterocycles. The molecule has 0 spiro atoms. The van der Waals surface area contributed by atoms with Crippen LogP contribution in [-0.2, 0) is 24.4 Å². The fourth-order valence-corrected chi connectivity index (χ4v) is 4.74. The van der Waals surface area contributed by atoms with E-state index in [2.05, 4.69) is 6.92 Å². The van der Waals surface area contributed by atoms with Gasteiger partial charge in [0.05, 0.1) is 16.4 Å². The Bertz CT molecular complexity index is 1030. The van der Waals surface area contributed by atoms with Gasteiger partial charge in [-0.05, 0) is 55.0 Å². The summed E-state index contributed by atoms with van der Waals surface area (Å²) >= 11 is 0. The third kappa shape index (κ3) is 10.2. The second kappa shape index (κ2) is 13.7. The van der Waals surface area contributed by atoms with E-state index in [1.54, 1.807) is 0 Å². The van der Waals surface area contributed by atoms with Gasteiger partial charge in [0.15, 0.2) is 0 Å². The van der Waals surface area contributed by atoms with Crippen LogP contribution >= 0.6 is 0 Å². The van der Waals surface area contributed by atoms with E-state index >= 15 is 0 Å². The normalized spacial score (nSPS) is 12.1. The van der Waals surface area contributed by atoms with Gasteiger partial charge in [0.1, 0.15) is 11.5 Å². The van der Waals surface area contributed by atoms with Gasteiger partial charge in [-0.15, -0.1) is 0 Å². The average molecular weight is 499 g/mol. The highest BCUT2D eigenvalue weighted by Gasteiger charge is 2.15. The third-order valence-corrected chi connectivity index (χ3v) is 7.40. The number of hydrogen-bond acceptors (Lipinski definition) is 6. The summed E-state index contributed by atoms with van der Waals surface area (Å²) in [5.74, 6) is 0.721. The fourth-order valence-electron chi connectivity index (χ4n) is 3.32. The van der Waals surface area contributed by atoms with E-state index in [0.717, 1.165) is 12.8 Å². The van der Waals surface area contributed by atoms with Crippen molar-refractivity contribution in [2.24, 2.45) is 0 Å². The molecule has 0 heterocycles. The van der Waals surface area contributed by atoms with Crippen LogP contribution in [0, 0.1) is 0 Å². The predicted octanol–water partition coefficient (Wildman–Crippen LogP) is 6.35. The molecule has 0 radical (unpaired) electrons. The minimum Gasteiger partial charge on any atom is -0.457 e. The molecule has 0 bridgehead atoms. The quantitative estimate of drug-likeness (QED) is 0.163. The molecule has 0 amide bonds. The molecular weight excluding hydrogens is 464 g/mol. The van der Waals surface area contributed by atoms with Gasteiger partial charge >= 0.3 is 0 Å². The summed E-state index contributed by atoms with van der Waals surface area (Å²) in [6, 6.07) is 11.0. The Morgan fingerprint density at radius 3 is 1.52 bits per heavy atom. The summed E-state index contributed by atoms with van der Waals surface area (Å²) in [4.78, 5) is -0.195. The summed E-state index contributed by atoms with van der Waals surface area (Å²) in [7, 11) is -8.10. The lowest BCUT2D eigenvalue weighted by atomic mass is 10.1. The number of hydrogen-bond donors (Lipinski definition) is 1. The second-order valence-corrected chi connectivity index (χ2v) is 11.0. The van der Waals surface area contributed by atoms with Crippen LogP contribution in [0.15, 0.2) is 58.3 Å². The van der Waals surface area contributed by atoms with Crippen LogP contribution in [-0.4, -0.2) is 28.0 Å². The maximum absolute atomic E-state index is 12.4. The van der Waals surface area contributed by atoms with E-state index in [9.17, 15) is 16.8 Å². The summed E-state index contributed by atoms with van der Waals surface area (Å²) in [6.07, 6.45) is 11.6. The Morgan fingerprint density at radius 2 is 1.06 bits per heavy atom. The first kappa shape index (κ1) is 27.3. The van der Waals surface area contributed by atoms with E-state index in [-0.39, 0.29) is 16.4 Å². The lowest BCUT2D eigenvalue weighted by Crippen LogP contribution is -2.07. The van der Waals surface area contributed by atoms with Crippen LogP contribution in [0.5, 0.6) is 11.5 Å². The van der Waals surface area contributed by atoms with Gasteiger partial charge < -0.3 is 4.74 Å². The van der Waals surface area contributed by atoms with E-state index in [1.165, 1.54) is 93.5 Å². The Hall–Kier alpha value is -1.94. The monoisotopic (exact) mass is 498 g/mol. The first-order valence-corrected chi connectivity index (χ1v) is 14.3. The molecule has 0 aromatic heterocycles. The van der Waals surface area contributed by atoms with Crippen LogP contribution in [0.3, 0.4) is 0 Å². The van der Waals surface area contributed by atoms with E-state index in [0.29, 0.717) is 17.9 Å². The lowest BCUT2D eigenvalue weighted by Gasteiger charge is -2.08. The summed E-state index contributed by atoms with van der Waals surface area (Å²) in [6.45, 7) is 2.38. The van der Waals surface area contributed by atoms with Gasteiger partial charge in [0, 0.05) is 0 Å². The van der Waals surface area contributed by atoms with Gasteiger partial charge in [0.2, 0.25) is 0 Å². The molecule has 2 rings (SSSR count). The zero-order valence-electron chi connectivity index (χ0n) is 19.1. The molecule has 7 nitrogen and oxygen atoms in total. The van der Waals surface area contributed by atoms with Crippen LogP contribution < -0.4 is 4.74 Å². The molecule has 0 unspecified atom stereocenters. The van der Waals surface area contributed by atoms with Crippen LogP contribution in [0.25, 0.3) is 0 Å². The number of benzene rings is 2. The number of unbranched alkanes of at least 4 members (excludes halogenated alkanes) is 9. The van der Waals surface area contributed by atoms with Crippen LogP contribution in [0.4, 0.5) is 0 Å². The molecule has 0 aliphatic rings. The Kier molecular flexibility index (Phi) is 11.3.